The van der Waals surface area contributed by atoms with Crippen molar-refractivity contribution >= 4 is 5.91 Å². The molecule has 2 atom stereocenters. The fraction of sp³-hybridized carbons (Fsp3) is 0.412. The molecule has 9 heteroatoms. The Kier molecular flexibility index (Phi) is 4.90. The average Bonchev–Trinajstić information content (AvgIpc) is 2.96. The topological polar surface area (TPSA) is 68.2 Å². The number of hydrogen-bond donors (Lipinski definition) is 2. The van der Waals surface area contributed by atoms with E-state index in [0.717, 1.165) is 5.69 Å². The summed E-state index contributed by atoms with van der Waals surface area (Å²) in [7, 11) is 0. The monoisotopic (exact) mass is 368 g/mol. The Morgan fingerprint density at radius 1 is 1.42 bits per heavy atom. The lowest BCUT2D eigenvalue weighted by molar-refractivity contribution is -0.274. The van der Waals surface area contributed by atoms with Gasteiger partial charge in [-0.3, -0.25) is 9.48 Å². The zero-order chi connectivity index (χ0) is 18.9. The number of amides is 1. The number of carbonyl (C=O) groups excluding carboxylic acids is 1. The summed E-state index contributed by atoms with van der Waals surface area (Å²) >= 11 is 0. The minimum Gasteiger partial charge on any atom is -0.406 e. The molecule has 2 unspecified atom stereocenters. The van der Waals surface area contributed by atoms with Gasteiger partial charge in [-0.1, -0.05) is 12.1 Å². The third-order valence-electron chi connectivity index (χ3n) is 4.11. The molecule has 0 bridgehead atoms. The van der Waals surface area contributed by atoms with E-state index in [1.807, 2.05) is 6.92 Å². The van der Waals surface area contributed by atoms with Crippen LogP contribution in [0.1, 0.15) is 41.6 Å². The quantitative estimate of drug-likeness (QED) is 0.871. The number of halogens is 3. The summed E-state index contributed by atoms with van der Waals surface area (Å²) in [6, 6.07) is 7.01. The van der Waals surface area contributed by atoms with Crippen molar-refractivity contribution in [3.63, 3.8) is 0 Å². The van der Waals surface area contributed by atoms with Crippen molar-refractivity contribution in [3.05, 3.63) is 47.3 Å². The second-order valence-electron chi connectivity index (χ2n) is 6.30. The number of ether oxygens (including phenoxy) is 1. The summed E-state index contributed by atoms with van der Waals surface area (Å²) in [4.78, 5) is 12.4. The van der Waals surface area contributed by atoms with Crippen molar-refractivity contribution in [2.45, 2.75) is 45.4 Å². The summed E-state index contributed by atoms with van der Waals surface area (Å²) < 4.78 is 42.7. The first-order valence-electron chi connectivity index (χ1n) is 8.18. The van der Waals surface area contributed by atoms with Gasteiger partial charge in [0.05, 0.1) is 18.3 Å². The summed E-state index contributed by atoms with van der Waals surface area (Å²) in [5.41, 5.74) is 1.70. The average molecular weight is 368 g/mol. The van der Waals surface area contributed by atoms with Crippen LogP contribution in [0.5, 0.6) is 5.75 Å². The molecule has 1 aromatic carbocycles. The Morgan fingerprint density at radius 2 is 2.19 bits per heavy atom. The molecule has 6 nitrogen and oxygen atoms in total. The maximum atomic E-state index is 12.4. The van der Waals surface area contributed by atoms with E-state index in [9.17, 15) is 18.0 Å². The highest BCUT2D eigenvalue weighted by molar-refractivity contribution is 5.92. The van der Waals surface area contributed by atoms with Gasteiger partial charge in [0.15, 0.2) is 5.69 Å². The molecular formula is C17H19F3N4O2. The molecule has 0 radical (unpaired) electrons. The predicted octanol–water partition coefficient (Wildman–Crippen LogP) is 2.76. The lowest BCUT2D eigenvalue weighted by Gasteiger charge is -2.21. The van der Waals surface area contributed by atoms with E-state index in [4.69, 9.17) is 0 Å². The molecule has 26 heavy (non-hydrogen) atoms. The lowest BCUT2D eigenvalue weighted by atomic mass is 10.1. The number of aromatic nitrogens is 2. The third-order valence-corrected chi connectivity index (χ3v) is 4.11. The van der Waals surface area contributed by atoms with Crippen LogP contribution in [0.25, 0.3) is 0 Å². The van der Waals surface area contributed by atoms with Gasteiger partial charge in [-0.05, 0) is 37.6 Å². The van der Waals surface area contributed by atoms with Crippen molar-refractivity contribution < 1.29 is 22.7 Å². The Bertz CT molecular complexity index is 804. The van der Waals surface area contributed by atoms with E-state index < -0.39 is 12.4 Å². The van der Waals surface area contributed by atoms with Crippen molar-refractivity contribution in [1.29, 1.82) is 0 Å². The van der Waals surface area contributed by atoms with Gasteiger partial charge >= 0.3 is 6.36 Å². The van der Waals surface area contributed by atoms with Crippen molar-refractivity contribution in [1.82, 2.24) is 20.4 Å². The number of alkyl halides is 3. The van der Waals surface area contributed by atoms with Crippen LogP contribution in [0.4, 0.5) is 13.2 Å². The van der Waals surface area contributed by atoms with Crippen LogP contribution in [0.3, 0.4) is 0 Å². The SMILES string of the molecule is CC1Cn2nc(C(=O)NC(C)c3cccc(OC(F)(F)F)c3)cc2CN1. The number of carbonyl (C=O) groups is 1. The number of hydrogen-bond acceptors (Lipinski definition) is 4. The van der Waals surface area contributed by atoms with Gasteiger partial charge in [0.25, 0.3) is 5.91 Å². The fourth-order valence-electron chi connectivity index (χ4n) is 2.80. The second-order valence-corrected chi connectivity index (χ2v) is 6.30. The smallest absolute Gasteiger partial charge is 0.406 e. The first-order valence-corrected chi connectivity index (χ1v) is 8.18. The number of fused-ring (bicyclic) bond motifs is 1. The molecule has 0 aliphatic carbocycles. The van der Waals surface area contributed by atoms with Gasteiger partial charge in [-0.15, -0.1) is 13.2 Å². The molecule has 1 aliphatic heterocycles. The highest BCUT2D eigenvalue weighted by Crippen LogP contribution is 2.25. The van der Waals surface area contributed by atoms with E-state index >= 15 is 0 Å². The van der Waals surface area contributed by atoms with Crippen LogP contribution in [0.15, 0.2) is 30.3 Å². The predicted molar refractivity (Wildman–Crippen MR) is 87.5 cm³/mol. The fourth-order valence-corrected chi connectivity index (χ4v) is 2.80. The van der Waals surface area contributed by atoms with Gasteiger partial charge < -0.3 is 15.4 Å². The number of nitrogens with one attached hydrogen (secondary N) is 2. The minimum atomic E-state index is -4.76. The first-order chi connectivity index (χ1) is 12.2. The van der Waals surface area contributed by atoms with Gasteiger partial charge in [-0.25, -0.2) is 0 Å². The van der Waals surface area contributed by atoms with Gasteiger partial charge in [0.2, 0.25) is 0 Å². The molecule has 2 aromatic rings. The van der Waals surface area contributed by atoms with Crippen LogP contribution in [0, 0.1) is 0 Å². The molecular weight excluding hydrogens is 349 g/mol. The van der Waals surface area contributed by atoms with Crippen molar-refractivity contribution in [3.8, 4) is 5.75 Å². The van der Waals surface area contributed by atoms with E-state index in [1.54, 1.807) is 23.7 Å². The lowest BCUT2D eigenvalue weighted by Crippen LogP contribution is -2.36. The van der Waals surface area contributed by atoms with Crippen molar-refractivity contribution in [2.75, 3.05) is 0 Å². The highest BCUT2D eigenvalue weighted by Gasteiger charge is 2.31. The summed E-state index contributed by atoms with van der Waals surface area (Å²) in [5.74, 6) is -0.706. The molecule has 0 saturated carbocycles. The third kappa shape index (κ3) is 4.34. The zero-order valence-electron chi connectivity index (χ0n) is 14.3. The molecule has 2 N–H and O–H groups in total. The minimum absolute atomic E-state index is 0.272. The molecule has 0 spiro atoms. The largest absolute Gasteiger partial charge is 0.573 e. The molecule has 140 valence electrons. The standard InChI is InChI=1S/C17H19F3N4O2/c1-10-9-24-13(8-21-10)7-15(23-24)16(25)22-11(2)12-4-3-5-14(6-12)26-17(18,19)20/h3-7,10-11,21H,8-9H2,1-2H3,(H,22,25). The Hall–Kier alpha value is -2.55. The Morgan fingerprint density at radius 3 is 2.92 bits per heavy atom. The number of rotatable bonds is 4. The molecule has 0 saturated heterocycles. The van der Waals surface area contributed by atoms with Gasteiger partial charge in [0.1, 0.15) is 5.75 Å². The van der Waals surface area contributed by atoms with Crippen LogP contribution in [-0.2, 0) is 13.1 Å². The van der Waals surface area contributed by atoms with Gasteiger partial charge in [0, 0.05) is 12.6 Å². The van der Waals surface area contributed by atoms with Crippen LogP contribution in [-0.4, -0.2) is 28.1 Å². The summed E-state index contributed by atoms with van der Waals surface area (Å²) in [5, 5.41) is 10.3. The Balaban J connectivity index is 1.69. The molecule has 1 aromatic heterocycles. The zero-order valence-corrected chi connectivity index (χ0v) is 14.3. The number of nitrogens with zero attached hydrogens (tertiary/aromatic N) is 2. The van der Waals surface area contributed by atoms with Crippen LogP contribution < -0.4 is 15.4 Å². The highest BCUT2D eigenvalue weighted by atomic mass is 19.4. The van der Waals surface area contributed by atoms with E-state index in [2.05, 4.69) is 20.5 Å². The summed E-state index contributed by atoms with van der Waals surface area (Å²) in [6.45, 7) is 5.02. The van der Waals surface area contributed by atoms with E-state index in [-0.39, 0.29) is 23.4 Å². The number of benzene rings is 1. The van der Waals surface area contributed by atoms with E-state index in [0.29, 0.717) is 18.7 Å². The van der Waals surface area contributed by atoms with Crippen molar-refractivity contribution in [2.24, 2.45) is 0 Å². The van der Waals surface area contributed by atoms with Crippen LogP contribution in [0.2, 0.25) is 0 Å². The van der Waals surface area contributed by atoms with Gasteiger partial charge in [-0.2, -0.15) is 5.10 Å². The van der Waals surface area contributed by atoms with Crippen LogP contribution >= 0.6 is 0 Å². The maximum absolute atomic E-state index is 12.4. The first kappa shape index (κ1) is 18.2. The molecule has 0 fully saturated rings. The molecule has 2 heterocycles. The van der Waals surface area contributed by atoms with E-state index in [1.165, 1.54) is 18.2 Å². The normalized spacial score (nSPS) is 18.1. The Labute approximate surface area is 148 Å². The molecule has 1 amide bonds. The maximum Gasteiger partial charge on any atom is 0.573 e. The molecule has 3 rings (SSSR count). The second kappa shape index (κ2) is 6.99. The molecule has 1 aliphatic rings. The summed E-state index contributed by atoms with van der Waals surface area (Å²) in [6.07, 6.45) is -4.76.